The molecule has 0 spiro atoms. The molecule has 2 unspecified atom stereocenters. The molecule has 0 radical (unpaired) electrons. The molecule has 1 aliphatic heterocycles. The van der Waals surface area contributed by atoms with E-state index in [9.17, 15) is 9.50 Å². The predicted octanol–water partition coefficient (Wildman–Crippen LogP) is 1.88. The molecule has 1 aromatic carbocycles. The topological polar surface area (TPSA) is 41.5 Å². The summed E-state index contributed by atoms with van der Waals surface area (Å²) < 4.78 is 18.8. The van der Waals surface area contributed by atoms with Crippen LogP contribution in [0.3, 0.4) is 0 Å². The average molecular weight is 253 g/mol. The van der Waals surface area contributed by atoms with E-state index in [1.165, 1.54) is 12.1 Å². The van der Waals surface area contributed by atoms with Crippen molar-refractivity contribution < 1.29 is 14.2 Å². The van der Waals surface area contributed by atoms with Gasteiger partial charge >= 0.3 is 0 Å². The fourth-order valence-electron chi connectivity index (χ4n) is 2.06. The first kappa shape index (κ1) is 13.3. The summed E-state index contributed by atoms with van der Waals surface area (Å²) >= 11 is 0. The van der Waals surface area contributed by atoms with Crippen LogP contribution in [0.5, 0.6) is 5.75 Å². The standard InChI is InChI=1S/C14H20FNO2/c1-3-14(2,9-17)16-8-12-7-10-6-11(15)4-5-13(10)18-12/h4-6,12,16-17H,3,7-9H2,1-2H3. The fourth-order valence-corrected chi connectivity index (χ4v) is 2.06. The van der Waals surface area contributed by atoms with Crippen LogP contribution in [0.15, 0.2) is 18.2 Å². The number of halogens is 1. The third kappa shape index (κ3) is 2.82. The Bertz CT molecular complexity index is 418. The zero-order chi connectivity index (χ0) is 13.2. The van der Waals surface area contributed by atoms with Crippen molar-refractivity contribution in [3.05, 3.63) is 29.6 Å². The highest BCUT2D eigenvalue weighted by molar-refractivity contribution is 5.37. The van der Waals surface area contributed by atoms with Gasteiger partial charge < -0.3 is 15.2 Å². The molecule has 2 rings (SSSR count). The number of nitrogens with one attached hydrogen (secondary N) is 1. The molecule has 2 N–H and O–H groups in total. The molecule has 100 valence electrons. The highest BCUT2D eigenvalue weighted by Gasteiger charge is 2.27. The average Bonchev–Trinajstić information content (AvgIpc) is 2.78. The highest BCUT2D eigenvalue weighted by atomic mass is 19.1. The van der Waals surface area contributed by atoms with Crippen LogP contribution in [0.4, 0.5) is 4.39 Å². The van der Waals surface area contributed by atoms with Crippen molar-refractivity contribution in [3.8, 4) is 5.75 Å². The van der Waals surface area contributed by atoms with Crippen molar-refractivity contribution in [2.24, 2.45) is 0 Å². The molecule has 0 aliphatic carbocycles. The number of hydrogen-bond donors (Lipinski definition) is 2. The van der Waals surface area contributed by atoms with E-state index < -0.39 is 0 Å². The first-order valence-electron chi connectivity index (χ1n) is 6.37. The lowest BCUT2D eigenvalue weighted by Gasteiger charge is -2.28. The maximum absolute atomic E-state index is 13.1. The van der Waals surface area contributed by atoms with E-state index in [-0.39, 0.29) is 24.1 Å². The van der Waals surface area contributed by atoms with Gasteiger partial charge in [-0.25, -0.2) is 4.39 Å². The van der Waals surface area contributed by atoms with E-state index in [1.54, 1.807) is 6.07 Å². The fraction of sp³-hybridized carbons (Fsp3) is 0.571. The van der Waals surface area contributed by atoms with Gasteiger partial charge in [-0.05, 0) is 31.5 Å². The van der Waals surface area contributed by atoms with Crippen LogP contribution < -0.4 is 10.1 Å². The Morgan fingerprint density at radius 3 is 3.00 bits per heavy atom. The molecule has 1 aliphatic rings. The zero-order valence-corrected chi connectivity index (χ0v) is 10.9. The number of aliphatic hydroxyl groups is 1. The molecule has 4 heteroatoms. The van der Waals surface area contributed by atoms with Crippen LogP contribution in [0, 0.1) is 5.82 Å². The molecule has 0 bridgehead atoms. The van der Waals surface area contributed by atoms with Gasteiger partial charge in [0.1, 0.15) is 17.7 Å². The predicted molar refractivity (Wildman–Crippen MR) is 68.3 cm³/mol. The Morgan fingerprint density at radius 1 is 1.56 bits per heavy atom. The van der Waals surface area contributed by atoms with Gasteiger partial charge in [-0.15, -0.1) is 0 Å². The Balaban J connectivity index is 1.92. The molecule has 2 atom stereocenters. The summed E-state index contributed by atoms with van der Waals surface area (Å²) in [6.07, 6.45) is 1.57. The van der Waals surface area contributed by atoms with Gasteiger partial charge in [0.15, 0.2) is 0 Å². The smallest absolute Gasteiger partial charge is 0.123 e. The summed E-state index contributed by atoms with van der Waals surface area (Å²) in [7, 11) is 0. The second-order valence-electron chi connectivity index (χ2n) is 5.15. The first-order chi connectivity index (χ1) is 8.56. The molecule has 0 fully saturated rings. The van der Waals surface area contributed by atoms with Crippen molar-refractivity contribution >= 4 is 0 Å². The zero-order valence-electron chi connectivity index (χ0n) is 10.9. The lowest BCUT2D eigenvalue weighted by Crippen LogP contribution is -2.48. The quantitative estimate of drug-likeness (QED) is 0.842. The van der Waals surface area contributed by atoms with Crippen LogP contribution >= 0.6 is 0 Å². The third-order valence-electron chi connectivity index (χ3n) is 3.65. The minimum Gasteiger partial charge on any atom is -0.488 e. The second-order valence-corrected chi connectivity index (χ2v) is 5.15. The van der Waals surface area contributed by atoms with Crippen molar-refractivity contribution in [3.63, 3.8) is 0 Å². The van der Waals surface area contributed by atoms with Crippen LogP contribution in [0.1, 0.15) is 25.8 Å². The Hall–Kier alpha value is -1.13. The molecule has 1 aromatic rings. The van der Waals surface area contributed by atoms with E-state index in [1.807, 2.05) is 13.8 Å². The van der Waals surface area contributed by atoms with Crippen molar-refractivity contribution in [2.75, 3.05) is 13.2 Å². The molecular formula is C14H20FNO2. The lowest BCUT2D eigenvalue weighted by atomic mass is 9.99. The second kappa shape index (κ2) is 5.24. The summed E-state index contributed by atoms with van der Waals surface area (Å²) in [6.45, 7) is 4.76. The number of benzene rings is 1. The molecule has 0 saturated heterocycles. The monoisotopic (exact) mass is 253 g/mol. The minimum atomic E-state index is -0.274. The van der Waals surface area contributed by atoms with Crippen molar-refractivity contribution in [1.82, 2.24) is 5.32 Å². The molecular weight excluding hydrogens is 233 g/mol. The maximum atomic E-state index is 13.1. The summed E-state index contributed by atoms with van der Waals surface area (Å²) in [5, 5.41) is 12.6. The number of fused-ring (bicyclic) bond motifs is 1. The normalized spacial score (nSPS) is 21.2. The molecule has 0 amide bonds. The van der Waals surface area contributed by atoms with E-state index in [0.717, 1.165) is 17.7 Å². The largest absolute Gasteiger partial charge is 0.488 e. The van der Waals surface area contributed by atoms with Crippen molar-refractivity contribution in [2.45, 2.75) is 38.3 Å². The maximum Gasteiger partial charge on any atom is 0.123 e. The van der Waals surface area contributed by atoms with Crippen LogP contribution in [-0.4, -0.2) is 29.9 Å². The van der Waals surface area contributed by atoms with E-state index in [2.05, 4.69) is 5.32 Å². The van der Waals surface area contributed by atoms with Crippen LogP contribution in [0.2, 0.25) is 0 Å². The molecule has 0 saturated carbocycles. The van der Waals surface area contributed by atoms with Gasteiger partial charge in [0.25, 0.3) is 0 Å². The number of aliphatic hydroxyl groups excluding tert-OH is 1. The van der Waals surface area contributed by atoms with E-state index >= 15 is 0 Å². The van der Waals surface area contributed by atoms with Gasteiger partial charge in [0.05, 0.1) is 6.61 Å². The van der Waals surface area contributed by atoms with Gasteiger partial charge in [0.2, 0.25) is 0 Å². The number of ether oxygens (including phenoxy) is 1. The highest BCUT2D eigenvalue weighted by Crippen LogP contribution is 2.29. The molecule has 3 nitrogen and oxygen atoms in total. The number of hydrogen-bond acceptors (Lipinski definition) is 3. The molecule has 18 heavy (non-hydrogen) atoms. The molecule has 1 heterocycles. The van der Waals surface area contributed by atoms with Crippen LogP contribution in [-0.2, 0) is 6.42 Å². The van der Waals surface area contributed by atoms with Gasteiger partial charge in [-0.2, -0.15) is 0 Å². The SMILES string of the molecule is CCC(C)(CO)NCC1Cc2cc(F)ccc2O1. The van der Waals surface area contributed by atoms with Gasteiger partial charge in [0, 0.05) is 24.1 Å². The van der Waals surface area contributed by atoms with Gasteiger partial charge in [-0.1, -0.05) is 6.92 Å². The summed E-state index contributed by atoms with van der Waals surface area (Å²) in [4.78, 5) is 0. The van der Waals surface area contributed by atoms with E-state index in [4.69, 9.17) is 4.74 Å². The van der Waals surface area contributed by atoms with Crippen molar-refractivity contribution in [1.29, 1.82) is 0 Å². The Labute approximate surface area is 107 Å². The summed E-state index contributed by atoms with van der Waals surface area (Å²) in [6, 6.07) is 4.62. The van der Waals surface area contributed by atoms with Gasteiger partial charge in [-0.3, -0.25) is 0 Å². The lowest BCUT2D eigenvalue weighted by molar-refractivity contribution is 0.146. The number of rotatable bonds is 5. The Kier molecular flexibility index (Phi) is 3.88. The summed E-state index contributed by atoms with van der Waals surface area (Å²) in [5.41, 5.74) is 0.646. The minimum absolute atomic E-state index is 0.0132. The molecule has 0 aromatic heterocycles. The Morgan fingerprint density at radius 2 is 2.33 bits per heavy atom. The van der Waals surface area contributed by atoms with Crippen LogP contribution in [0.25, 0.3) is 0 Å². The van der Waals surface area contributed by atoms with E-state index in [0.29, 0.717) is 13.0 Å². The third-order valence-corrected chi connectivity index (χ3v) is 3.65. The summed E-state index contributed by atoms with van der Waals surface area (Å²) in [5.74, 6) is 0.546. The first-order valence-corrected chi connectivity index (χ1v) is 6.37.